The molecule has 4 rings (SSSR count). The highest BCUT2D eigenvalue weighted by Gasteiger charge is 2.32. The number of carbonyl (C=O) groups is 2. The summed E-state index contributed by atoms with van der Waals surface area (Å²) >= 11 is 0. The zero-order valence-electron chi connectivity index (χ0n) is 22.6. The van der Waals surface area contributed by atoms with Gasteiger partial charge in [-0.05, 0) is 73.2 Å². The first-order valence-electron chi connectivity index (χ1n) is 13.3. The summed E-state index contributed by atoms with van der Waals surface area (Å²) in [5, 5.41) is 12.4. The molecule has 0 spiro atoms. The number of hydrogen-bond acceptors (Lipinski definition) is 4. The number of nitrogens with one attached hydrogen (secondary N) is 1. The summed E-state index contributed by atoms with van der Waals surface area (Å²) in [6, 6.07) is 12.6. The summed E-state index contributed by atoms with van der Waals surface area (Å²) in [6.07, 6.45) is -8.11. The first-order chi connectivity index (χ1) is 19.7. The van der Waals surface area contributed by atoms with Crippen LogP contribution in [0.25, 0.3) is 11.1 Å². The molecule has 12 heteroatoms. The van der Waals surface area contributed by atoms with Gasteiger partial charge in [0, 0.05) is 42.5 Å². The molecule has 224 valence electrons. The van der Waals surface area contributed by atoms with E-state index in [0.717, 1.165) is 12.3 Å². The van der Waals surface area contributed by atoms with Crippen molar-refractivity contribution < 1.29 is 41.0 Å². The van der Waals surface area contributed by atoms with Gasteiger partial charge in [-0.2, -0.15) is 26.3 Å². The van der Waals surface area contributed by atoms with Crippen LogP contribution in [0, 0.1) is 12.8 Å². The van der Waals surface area contributed by atoms with Crippen molar-refractivity contribution in [2.45, 2.75) is 51.0 Å². The molecule has 1 aromatic heterocycles. The molecule has 2 atom stereocenters. The van der Waals surface area contributed by atoms with Crippen LogP contribution in [-0.2, 0) is 11.0 Å². The number of carboxylic acids is 1. The molecular formula is C30H29F6N3O3. The molecule has 6 nitrogen and oxygen atoms in total. The fourth-order valence-electron chi connectivity index (χ4n) is 5.05. The molecule has 1 amide bonds. The predicted octanol–water partition coefficient (Wildman–Crippen LogP) is 7.51. The van der Waals surface area contributed by atoms with Gasteiger partial charge < -0.3 is 15.3 Å². The van der Waals surface area contributed by atoms with Gasteiger partial charge in [-0.25, -0.2) is 0 Å². The van der Waals surface area contributed by atoms with Crippen LogP contribution in [0.2, 0.25) is 0 Å². The van der Waals surface area contributed by atoms with Crippen molar-refractivity contribution in [3.63, 3.8) is 0 Å². The van der Waals surface area contributed by atoms with E-state index in [1.54, 1.807) is 49.4 Å². The van der Waals surface area contributed by atoms with Gasteiger partial charge in [0.25, 0.3) is 5.91 Å². The van der Waals surface area contributed by atoms with Crippen molar-refractivity contribution in [2.24, 2.45) is 5.92 Å². The molecule has 1 aliphatic heterocycles. The number of halogens is 6. The zero-order valence-corrected chi connectivity index (χ0v) is 22.6. The molecule has 0 bridgehead atoms. The normalized spacial score (nSPS) is 16.6. The second kappa shape index (κ2) is 12.4. The SMILES string of the molecule is Cc1cc(-c2ccc(C(F)(F)F)nc2)ccc1C(CCC(F)(F)F)Nc1ccc(C(=O)N2CCCC(C(=O)O)C2)cc1. The fraction of sp³-hybridized carbons (Fsp3) is 0.367. The summed E-state index contributed by atoms with van der Waals surface area (Å²) in [5.41, 5.74) is 2.01. The van der Waals surface area contributed by atoms with Crippen molar-refractivity contribution in [3.05, 3.63) is 83.2 Å². The number of benzene rings is 2. The Hall–Kier alpha value is -4.09. The molecule has 1 aliphatic rings. The molecule has 0 saturated carbocycles. The highest BCUT2D eigenvalue weighted by atomic mass is 19.4. The fourth-order valence-corrected chi connectivity index (χ4v) is 5.05. The maximum atomic E-state index is 13.2. The minimum atomic E-state index is -4.57. The number of aryl methyl sites for hydroxylation is 1. The summed E-state index contributed by atoms with van der Waals surface area (Å²) in [7, 11) is 0. The molecule has 2 aromatic carbocycles. The van der Waals surface area contributed by atoms with Crippen molar-refractivity contribution in [1.29, 1.82) is 0 Å². The number of hydrogen-bond donors (Lipinski definition) is 2. The van der Waals surface area contributed by atoms with E-state index >= 15 is 0 Å². The number of alkyl halides is 6. The van der Waals surface area contributed by atoms with E-state index < -0.39 is 42.4 Å². The second-order valence-corrected chi connectivity index (χ2v) is 10.4. The maximum absolute atomic E-state index is 13.2. The monoisotopic (exact) mass is 593 g/mol. The van der Waals surface area contributed by atoms with E-state index in [1.165, 1.54) is 11.0 Å². The van der Waals surface area contributed by atoms with Gasteiger partial charge in [0.1, 0.15) is 5.69 Å². The zero-order chi connectivity index (χ0) is 30.7. The number of rotatable bonds is 8. The Kier molecular flexibility index (Phi) is 9.12. The van der Waals surface area contributed by atoms with Crippen LogP contribution in [0.15, 0.2) is 60.8 Å². The van der Waals surface area contributed by atoms with Crippen LogP contribution in [0.5, 0.6) is 0 Å². The van der Waals surface area contributed by atoms with Crippen LogP contribution in [0.4, 0.5) is 32.0 Å². The largest absolute Gasteiger partial charge is 0.481 e. The molecule has 42 heavy (non-hydrogen) atoms. The lowest BCUT2D eigenvalue weighted by Gasteiger charge is -2.30. The third kappa shape index (κ3) is 7.80. The van der Waals surface area contributed by atoms with Gasteiger partial charge in [0.05, 0.1) is 12.0 Å². The Morgan fingerprint density at radius 2 is 1.71 bits per heavy atom. The maximum Gasteiger partial charge on any atom is 0.433 e. The number of anilines is 1. The predicted molar refractivity (Wildman–Crippen MR) is 144 cm³/mol. The van der Waals surface area contributed by atoms with Gasteiger partial charge in [-0.1, -0.05) is 24.3 Å². The topological polar surface area (TPSA) is 82.5 Å². The van der Waals surface area contributed by atoms with E-state index in [0.29, 0.717) is 52.9 Å². The van der Waals surface area contributed by atoms with E-state index in [-0.39, 0.29) is 18.9 Å². The summed E-state index contributed by atoms with van der Waals surface area (Å²) in [5.74, 6) is -1.88. The number of aliphatic carboxylic acids is 1. The molecular weight excluding hydrogens is 564 g/mol. The van der Waals surface area contributed by atoms with Gasteiger partial charge in [-0.3, -0.25) is 14.6 Å². The van der Waals surface area contributed by atoms with Crippen molar-refractivity contribution in [2.75, 3.05) is 18.4 Å². The molecule has 2 heterocycles. The van der Waals surface area contributed by atoms with E-state index in [4.69, 9.17) is 0 Å². The van der Waals surface area contributed by atoms with E-state index in [9.17, 15) is 41.0 Å². The second-order valence-electron chi connectivity index (χ2n) is 10.4. The van der Waals surface area contributed by atoms with Crippen LogP contribution < -0.4 is 5.32 Å². The Labute approximate surface area is 238 Å². The van der Waals surface area contributed by atoms with E-state index in [1.807, 2.05) is 0 Å². The Bertz CT molecular complexity index is 1410. The lowest BCUT2D eigenvalue weighted by atomic mass is 9.93. The average molecular weight is 594 g/mol. The van der Waals surface area contributed by atoms with Gasteiger partial charge in [-0.15, -0.1) is 0 Å². The van der Waals surface area contributed by atoms with E-state index in [2.05, 4.69) is 10.3 Å². The van der Waals surface area contributed by atoms with Crippen LogP contribution in [0.1, 0.15) is 58.9 Å². The smallest absolute Gasteiger partial charge is 0.433 e. The number of carboxylic acid groups (broad SMARTS) is 1. The number of aromatic nitrogens is 1. The Morgan fingerprint density at radius 1 is 1.02 bits per heavy atom. The standard InChI is InChI=1S/C30H29F6N3O3/c1-18-15-20(21-7-11-26(37-16-21)30(34,35)36)6-10-24(18)25(12-13-29(31,32)33)38-23-8-4-19(5-9-23)27(40)39-14-2-3-22(17-39)28(41)42/h4-11,15-16,22,25,38H,2-3,12-14,17H2,1H3,(H,41,42). The van der Waals surface area contributed by atoms with Crippen LogP contribution in [-0.4, -0.2) is 46.1 Å². The Morgan fingerprint density at radius 3 is 2.29 bits per heavy atom. The average Bonchev–Trinajstić information content (AvgIpc) is 2.94. The van der Waals surface area contributed by atoms with Crippen molar-refractivity contribution >= 4 is 17.6 Å². The molecule has 0 aliphatic carbocycles. The van der Waals surface area contributed by atoms with Gasteiger partial charge in [0.2, 0.25) is 0 Å². The minimum absolute atomic E-state index is 0.117. The first-order valence-corrected chi connectivity index (χ1v) is 13.3. The molecule has 0 radical (unpaired) electrons. The number of nitrogens with zero attached hydrogens (tertiary/aromatic N) is 2. The summed E-state index contributed by atoms with van der Waals surface area (Å²) < 4.78 is 78.1. The number of pyridine rings is 1. The minimum Gasteiger partial charge on any atom is -0.481 e. The summed E-state index contributed by atoms with van der Waals surface area (Å²) in [4.78, 5) is 29.2. The number of likely N-dealkylation sites (tertiary alicyclic amines) is 1. The molecule has 3 aromatic rings. The van der Waals surface area contributed by atoms with Gasteiger partial charge in [0.15, 0.2) is 0 Å². The molecule has 1 fully saturated rings. The molecule has 1 saturated heterocycles. The third-order valence-corrected chi connectivity index (χ3v) is 7.28. The Balaban J connectivity index is 1.52. The summed E-state index contributed by atoms with van der Waals surface area (Å²) in [6.45, 7) is 2.27. The number of carbonyl (C=O) groups excluding carboxylic acids is 1. The quantitative estimate of drug-likeness (QED) is 0.264. The lowest BCUT2D eigenvalue weighted by molar-refractivity contribution is -0.143. The highest BCUT2D eigenvalue weighted by Crippen LogP contribution is 2.34. The van der Waals surface area contributed by atoms with Gasteiger partial charge >= 0.3 is 18.3 Å². The van der Waals surface area contributed by atoms with Crippen molar-refractivity contribution in [3.8, 4) is 11.1 Å². The molecule has 2 unspecified atom stereocenters. The van der Waals surface area contributed by atoms with Crippen molar-refractivity contribution in [1.82, 2.24) is 9.88 Å². The highest BCUT2D eigenvalue weighted by molar-refractivity contribution is 5.95. The number of amides is 1. The number of piperidine rings is 1. The molecule has 2 N–H and O–H groups in total. The van der Waals surface area contributed by atoms with Crippen LogP contribution in [0.3, 0.4) is 0 Å². The third-order valence-electron chi connectivity index (χ3n) is 7.28. The lowest BCUT2D eigenvalue weighted by Crippen LogP contribution is -2.42. The first kappa shape index (κ1) is 30.9. The van der Waals surface area contributed by atoms with Crippen LogP contribution >= 0.6 is 0 Å².